The molecular formula is C14H8ClF3N4OS2. The Hall–Kier alpha value is -2.04. The van der Waals surface area contributed by atoms with Crippen LogP contribution < -0.4 is 5.32 Å². The minimum absolute atomic E-state index is 0.169. The Morgan fingerprint density at radius 2 is 2.08 bits per heavy atom. The van der Waals surface area contributed by atoms with E-state index in [4.69, 9.17) is 11.6 Å². The van der Waals surface area contributed by atoms with Gasteiger partial charge in [-0.1, -0.05) is 11.6 Å². The molecule has 11 heteroatoms. The summed E-state index contributed by atoms with van der Waals surface area (Å²) in [6, 6.07) is 3.17. The van der Waals surface area contributed by atoms with Crippen LogP contribution in [0.25, 0.3) is 0 Å². The molecule has 0 fully saturated rings. The van der Waals surface area contributed by atoms with Crippen LogP contribution >= 0.6 is 34.7 Å². The van der Waals surface area contributed by atoms with E-state index >= 15 is 0 Å². The number of alkyl halides is 3. The van der Waals surface area contributed by atoms with Gasteiger partial charge in [-0.2, -0.15) is 21.9 Å². The number of aromatic nitrogens is 3. The number of nitrogens with one attached hydrogen (secondary N) is 1. The Morgan fingerprint density at radius 3 is 2.76 bits per heavy atom. The number of amides is 1. The number of hydrogen-bond acceptors (Lipinski definition) is 6. The van der Waals surface area contributed by atoms with E-state index in [1.165, 1.54) is 18.5 Å². The standard InChI is InChI=1S/C14H8ClF3N4OS2/c15-10-2-1-8(14(16,17)18)3-7(10)4-9-5-19-13(24-9)21-12(23)11-6-20-25-22-11/h1-3,5-6H,4H2,(H,19,21,23). The summed E-state index contributed by atoms with van der Waals surface area (Å²) in [6.45, 7) is 0. The van der Waals surface area contributed by atoms with Crippen molar-refractivity contribution in [3.8, 4) is 0 Å². The van der Waals surface area contributed by atoms with Crippen LogP contribution in [0.2, 0.25) is 5.02 Å². The van der Waals surface area contributed by atoms with E-state index in [2.05, 4.69) is 19.0 Å². The molecule has 1 amide bonds. The maximum Gasteiger partial charge on any atom is 0.416 e. The first-order valence-corrected chi connectivity index (χ1v) is 8.64. The van der Waals surface area contributed by atoms with E-state index < -0.39 is 17.6 Å². The molecule has 2 heterocycles. The molecule has 0 aliphatic rings. The molecule has 2 aromatic heterocycles. The minimum Gasteiger partial charge on any atom is -0.296 e. The molecular weight excluding hydrogens is 397 g/mol. The van der Waals surface area contributed by atoms with Gasteiger partial charge in [-0.25, -0.2) is 4.98 Å². The zero-order chi connectivity index (χ0) is 18.0. The predicted octanol–water partition coefficient (Wildman–Crippen LogP) is 4.51. The van der Waals surface area contributed by atoms with Crippen molar-refractivity contribution in [1.29, 1.82) is 0 Å². The molecule has 1 N–H and O–H groups in total. The van der Waals surface area contributed by atoms with Crippen molar-refractivity contribution in [2.45, 2.75) is 12.6 Å². The molecule has 0 unspecified atom stereocenters. The van der Waals surface area contributed by atoms with Gasteiger partial charge in [0.05, 0.1) is 23.5 Å². The highest BCUT2D eigenvalue weighted by Gasteiger charge is 2.30. The first kappa shape index (κ1) is 17.8. The van der Waals surface area contributed by atoms with Crippen molar-refractivity contribution in [2.75, 3.05) is 5.32 Å². The fourth-order valence-electron chi connectivity index (χ4n) is 1.95. The number of carbonyl (C=O) groups is 1. The molecule has 0 aliphatic carbocycles. The van der Waals surface area contributed by atoms with Crippen molar-refractivity contribution in [3.05, 3.63) is 57.3 Å². The molecule has 5 nitrogen and oxygen atoms in total. The minimum atomic E-state index is -4.44. The summed E-state index contributed by atoms with van der Waals surface area (Å²) < 4.78 is 46.0. The van der Waals surface area contributed by atoms with Crippen molar-refractivity contribution in [3.63, 3.8) is 0 Å². The average Bonchev–Trinajstić information content (AvgIpc) is 3.20. The van der Waals surface area contributed by atoms with Crippen LogP contribution in [0.1, 0.15) is 26.5 Å². The quantitative estimate of drug-likeness (QED) is 0.694. The van der Waals surface area contributed by atoms with E-state index in [0.29, 0.717) is 15.6 Å². The maximum atomic E-state index is 12.8. The van der Waals surface area contributed by atoms with Crippen LogP contribution in [0.4, 0.5) is 18.3 Å². The zero-order valence-corrected chi connectivity index (χ0v) is 14.6. The summed E-state index contributed by atoms with van der Waals surface area (Å²) in [5.74, 6) is -0.452. The largest absolute Gasteiger partial charge is 0.416 e. The molecule has 0 atom stereocenters. The Balaban J connectivity index is 1.74. The van der Waals surface area contributed by atoms with Crippen LogP contribution in [0.15, 0.2) is 30.6 Å². The topological polar surface area (TPSA) is 67.8 Å². The lowest BCUT2D eigenvalue weighted by Gasteiger charge is -2.09. The van der Waals surface area contributed by atoms with E-state index in [1.807, 2.05) is 0 Å². The second-order valence-electron chi connectivity index (χ2n) is 4.86. The first-order valence-electron chi connectivity index (χ1n) is 6.72. The van der Waals surface area contributed by atoms with Gasteiger partial charge in [0.2, 0.25) is 0 Å². The first-order chi connectivity index (χ1) is 11.8. The second-order valence-corrected chi connectivity index (χ2v) is 6.94. The Labute approximate surface area is 152 Å². The van der Waals surface area contributed by atoms with Crippen LogP contribution in [0, 0.1) is 0 Å². The SMILES string of the molecule is O=C(Nc1ncc(Cc2cc(C(F)(F)F)ccc2Cl)s1)c1cnsn1. The molecule has 0 radical (unpaired) electrons. The third-order valence-electron chi connectivity index (χ3n) is 3.11. The summed E-state index contributed by atoms with van der Waals surface area (Å²) in [4.78, 5) is 16.6. The smallest absolute Gasteiger partial charge is 0.296 e. The summed E-state index contributed by atoms with van der Waals surface area (Å²) in [5, 5.41) is 3.11. The molecule has 25 heavy (non-hydrogen) atoms. The van der Waals surface area contributed by atoms with Gasteiger partial charge < -0.3 is 0 Å². The van der Waals surface area contributed by atoms with E-state index in [1.54, 1.807) is 0 Å². The number of nitrogens with zero attached hydrogens (tertiary/aromatic N) is 3. The lowest BCUT2D eigenvalue weighted by molar-refractivity contribution is -0.137. The highest BCUT2D eigenvalue weighted by atomic mass is 35.5. The van der Waals surface area contributed by atoms with Crippen molar-refractivity contribution in [2.24, 2.45) is 0 Å². The Morgan fingerprint density at radius 1 is 1.28 bits per heavy atom. The van der Waals surface area contributed by atoms with Gasteiger partial charge in [0.15, 0.2) is 10.8 Å². The third-order valence-corrected chi connectivity index (χ3v) is 4.87. The van der Waals surface area contributed by atoms with Crippen LogP contribution in [-0.2, 0) is 12.6 Å². The molecule has 0 bridgehead atoms. The number of carbonyl (C=O) groups excluding carboxylic acids is 1. The van der Waals surface area contributed by atoms with E-state index in [9.17, 15) is 18.0 Å². The van der Waals surface area contributed by atoms with Gasteiger partial charge in [0, 0.05) is 22.5 Å². The number of benzene rings is 1. The van der Waals surface area contributed by atoms with Gasteiger partial charge >= 0.3 is 6.18 Å². The predicted molar refractivity (Wildman–Crippen MR) is 89.2 cm³/mol. The second kappa shape index (κ2) is 7.06. The molecule has 3 rings (SSSR count). The van der Waals surface area contributed by atoms with Crippen molar-refractivity contribution in [1.82, 2.24) is 13.7 Å². The van der Waals surface area contributed by atoms with Gasteiger partial charge in [0.25, 0.3) is 5.91 Å². The average molecular weight is 405 g/mol. The van der Waals surface area contributed by atoms with E-state index in [0.717, 1.165) is 35.2 Å². The number of anilines is 1. The highest BCUT2D eigenvalue weighted by molar-refractivity contribution is 7.15. The van der Waals surface area contributed by atoms with Gasteiger partial charge in [-0.3, -0.25) is 10.1 Å². The van der Waals surface area contributed by atoms with Crippen LogP contribution in [-0.4, -0.2) is 19.6 Å². The lowest BCUT2D eigenvalue weighted by atomic mass is 10.1. The van der Waals surface area contributed by atoms with Crippen molar-refractivity contribution < 1.29 is 18.0 Å². The highest BCUT2D eigenvalue weighted by Crippen LogP contribution is 2.33. The third kappa shape index (κ3) is 4.33. The summed E-state index contributed by atoms with van der Waals surface area (Å²) in [5.41, 5.74) is -0.259. The summed E-state index contributed by atoms with van der Waals surface area (Å²) in [7, 11) is 0. The molecule has 0 saturated heterocycles. The molecule has 0 spiro atoms. The normalized spacial score (nSPS) is 11.5. The Kier molecular flexibility index (Phi) is 5.02. The van der Waals surface area contributed by atoms with Crippen LogP contribution in [0.3, 0.4) is 0 Å². The molecule has 0 aliphatic heterocycles. The molecule has 130 valence electrons. The van der Waals surface area contributed by atoms with Crippen LogP contribution in [0.5, 0.6) is 0 Å². The monoisotopic (exact) mass is 404 g/mol. The number of rotatable bonds is 4. The van der Waals surface area contributed by atoms with Gasteiger partial charge in [-0.15, -0.1) is 11.3 Å². The van der Waals surface area contributed by atoms with Crippen molar-refractivity contribution >= 4 is 45.7 Å². The zero-order valence-electron chi connectivity index (χ0n) is 12.2. The maximum absolute atomic E-state index is 12.8. The summed E-state index contributed by atoms with van der Waals surface area (Å²) >= 11 is 8.04. The lowest BCUT2D eigenvalue weighted by Crippen LogP contribution is -2.11. The van der Waals surface area contributed by atoms with Gasteiger partial charge in [0.1, 0.15) is 0 Å². The summed E-state index contributed by atoms with van der Waals surface area (Å²) in [6.07, 6.45) is -1.45. The fraction of sp³-hybridized carbons (Fsp3) is 0.143. The number of halogens is 4. The molecule has 1 aromatic carbocycles. The number of thiazole rings is 1. The fourth-order valence-corrected chi connectivity index (χ4v) is 3.37. The Bertz CT molecular complexity index is 896. The van der Waals surface area contributed by atoms with Gasteiger partial charge in [-0.05, 0) is 23.8 Å². The molecule has 0 saturated carbocycles. The van der Waals surface area contributed by atoms with E-state index in [-0.39, 0.29) is 17.1 Å². The number of hydrogen-bond donors (Lipinski definition) is 1. The molecule has 3 aromatic rings.